The third kappa shape index (κ3) is 4.96. The van der Waals surface area contributed by atoms with Gasteiger partial charge in [-0.2, -0.15) is 18.3 Å². The van der Waals surface area contributed by atoms with E-state index >= 15 is 0 Å². The lowest BCUT2D eigenvalue weighted by Gasteiger charge is -2.18. The molecule has 1 N–H and O–H groups in total. The predicted octanol–water partition coefficient (Wildman–Crippen LogP) is 4.70. The van der Waals surface area contributed by atoms with Crippen LogP contribution in [0, 0.1) is 0 Å². The normalized spacial score (nSPS) is 12.1. The molecule has 0 atom stereocenters. The van der Waals surface area contributed by atoms with Crippen molar-refractivity contribution >= 4 is 17.5 Å². The molecule has 6 nitrogen and oxygen atoms in total. The number of carbonyl (C=O) groups excluding carboxylic acids is 1. The van der Waals surface area contributed by atoms with E-state index in [-0.39, 0.29) is 39.8 Å². The Balaban J connectivity index is 1.83. The van der Waals surface area contributed by atoms with Crippen molar-refractivity contribution in [3.05, 3.63) is 64.8 Å². The van der Waals surface area contributed by atoms with Crippen molar-refractivity contribution in [1.82, 2.24) is 25.1 Å². The fourth-order valence-electron chi connectivity index (χ4n) is 2.73. The number of aromatic nitrogens is 4. The van der Waals surface area contributed by atoms with Crippen molar-refractivity contribution in [2.75, 3.05) is 0 Å². The third-order valence-electron chi connectivity index (χ3n) is 4.31. The first kappa shape index (κ1) is 21.8. The molecule has 10 heteroatoms. The number of rotatable bonds is 4. The first-order chi connectivity index (χ1) is 13.9. The molecule has 3 aromatic rings. The second-order valence-electron chi connectivity index (χ2n) is 7.61. The van der Waals surface area contributed by atoms with Crippen molar-refractivity contribution in [2.45, 2.75) is 39.0 Å². The topological polar surface area (TPSA) is 72.7 Å². The van der Waals surface area contributed by atoms with Crippen LogP contribution in [0.4, 0.5) is 13.2 Å². The Morgan fingerprint density at radius 3 is 2.53 bits per heavy atom. The van der Waals surface area contributed by atoms with Crippen LogP contribution in [0.15, 0.2) is 42.9 Å². The third-order valence-corrected chi connectivity index (χ3v) is 4.49. The SMILES string of the molecule is CC(C)(C)n1cc(C(=O)NCc2ccc(-c3ccnc(Cl)n3)cc2C(F)(F)F)cn1. The van der Waals surface area contributed by atoms with Crippen LogP contribution in [-0.2, 0) is 18.3 Å². The lowest BCUT2D eigenvalue weighted by atomic mass is 10.0. The number of hydrogen-bond donors (Lipinski definition) is 1. The van der Waals surface area contributed by atoms with Gasteiger partial charge in [0, 0.05) is 24.5 Å². The van der Waals surface area contributed by atoms with Crippen LogP contribution in [0.5, 0.6) is 0 Å². The van der Waals surface area contributed by atoms with Gasteiger partial charge < -0.3 is 5.32 Å². The molecule has 0 aliphatic carbocycles. The minimum Gasteiger partial charge on any atom is -0.348 e. The second-order valence-corrected chi connectivity index (χ2v) is 7.95. The Labute approximate surface area is 176 Å². The highest BCUT2D eigenvalue weighted by molar-refractivity contribution is 6.28. The highest BCUT2D eigenvalue weighted by atomic mass is 35.5. The number of hydrogen-bond acceptors (Lipinski definition) is 4. The van der Waals surface area contributed by atoms with E-state index in [1.54, 1.807) is 10.9 Å². The molecule has 2 aromatic heterocycles. The summed E-state index contributed by atoms with van der Waals surface area (Å²) in [6.45, 7) is 5.47. The van der Waals surface area contributed by atoms with Gasteiger partial charge in [0.25, 0.3) is 5.91 Å². The molecule has 0 spiro atoms. The second kappa shape index (κ2) is 8.06. The van der Waals surface area contributed by atoms with Crippen LogP contribution < -0.4 is 5.32 Å². The summed E-state index contributed by atoms with van der Waals surface area (Å²) >= 11 is 5.73. The van der Waals surface area contributed by atoms with Gasteiger partial charge in [-0.3, -0.25) is 9.48 Å². The maximum Gasteiger partial charge on any atom is 0.416 e. The molecule has 0 saturated heterocycles. The summed E-state index contributed by atoms with van der Waals surface area (Å²) in [5, 5.41) is 6.59. The Morgan fingerprint density at radius 2 is 1.93 bits per heavy atom. The van der Waals surface area contributed by atoms with E-state index < -0.39 is 17.6 Å². The molecule has 0 aliphatic heterocycles. The summed E-state index contributed by atoms with van der Waals surface area (Å²) in [4.78, 5) is 20.0. The molecule has 1 aromatic carbocycles. The van der Waals surface area contributed by atoms with Gasteiger partial charge in [0.2, 0.25) is 5.28 Å². The highest BCUT2D eigenvalue weighted by Gasteiger charge is 2.34. The van der Waals surface area contributed by atoms with Crippen molar-refractivity contribution in [1.29, 1.82) is 0 Å². The molecule has 0 saturated carbocycles. The number of halogens is 4. The van der Waals surface area contributed by atoms with Gasteiger partial charge >= 0.3 is 6.18 Å². The summed E-state index contributed by atoms with van der Waals surface area (Å²) in [6, 6.07) is 5.26. The number of nitrogens with zero attached hydrogens (tertiary/aromatic N) is 4. The van der Waals surface area contributed by atoms with E-state index in [2.05, 4.69) is 20.4 Å². The molecule has 0 aliphatic rings. The number of alkyl halides is 3. The van der Waals surface area contributed by atoms with Gasteiger partial charge in [0.05, 0.1) is 28.6 Å². The van der Waals surface area contributed by atoms with Crippen molar-refractivity contribution in [3.8, 4) is 11.3 Å². The fourth-order valence-corrected chi connectivity index (χ4v) is 2.88. The van der Waals surface area contributed by atoms with Crippen LogP contribution in [0.2, 0.25) is 5.28 Å². The number of nitrogens with one attached hydrogen (secondary N) is 1. The Bertz CT molecular complexity index is 1070. The quantitative estimate of drug-likeness (QED) is 0.600. The molecule has 30 heavy (non-hydrogen) atoms. The van der Waals surface area contributed by atoms with Crippen LogP contribution in [-0.4, -0.2) is 25.7 Å². The monoisotopic (exact) mass is 437 g/mol. The molecule has 0 bridgehead atoms. The maximum atomic E-state index is 13.6. The largest absolute Gasteiger partial charge is 0.416 e. The van der Waals surface area contributed by atoms with E-state index in [0.717, 1.165) is 6.07 Å². The Kier molecular flexibility index (Phi) is 5.85. The van der Waals surface area contributed by atoms with Crippen molar-refractivity contribution in [2.24, 2.45) is 0 Å². The number of carbonyl (C=O) groups is 1. The zero-order valence-corrected chi connectivity index (χ0v) is 17.2. The zero-order chi connectivity index (χ0) is 22.1. The van der Waals surface area contributed by atoms with Crippen LogP contribution in [0.3, 0.4) is 0 Å². The summed E-state index contributed by atoms with van der Waals surface area (Å²) in [5.74, 6) is -0.509. The summed E-state index contributed by atoms with van der Waals surface area (Å²) < 4.78 is 42.5. The summed E-state index contributed by atoms with van der Waals surface area (Å²) in [6.07, 6.45) is -0.303. The molecule has 0 unspecified atom stereocenters. The minimum atomic E-state index is -4.61. The van der Waals surface area contributed by atoms with Crippen LogP contribution >= 0.6 is 11.6 Å². The molecule has 158 valence electrons. The zero-order valence-electron chi connectivity index (χ0n) is 16.5. The summed E-state index contributed by atoms with van der Waals surface area (Å²) in [5.41, 5.74) is -0.463. The van der Waals surface area contributed by atoms with E-state index in [0.29, 0.717) is 0 Å². The molecular weight excluding hydrogens is 419 g/mol. The number of amides is 1. The van der Waals surface area contributed by atoms with E-state index in [1.165, 1.54) is 30.6 Å². The van der Waals surface area contributed by atoms with Crippen molar-refractivity contribution < 1.29 is 18.0 Å². The maximum absolute atomic E-state index is 13.6. The minimum absolute atomic E-state index is 0.0619. The van der Waals surface area contributed by atoms with E-state index in [1.807, 2.05) is 20.8 Å². The summed E-state index contributed by atoms with van der Waals surface area (Å²) in [7, 11) is 0. The lowest BCUT2D eigenvalue weighted by molar-refractivity contribution is -0.138. The number of benzene rings is 1. The van der Waals surface area contributed by atoms with Crippen molar-refractivity contribution in [3.63, 3.8) is 0 Å². The molecule has 2 heterocycles. The molecule has 3 rings (SSSR count). The van der Waals surface area contributed by atoms with Gasteiger partial charge in [0.15, 0.2) is 0 Å². The lowest BCUT2D eigenvalue weighted by Crippen LogP contribution is -2.25. The van der Waals surface area contributed by atoms with Gasteiger partial charge in [-0.25, -0.2) is 9.97 Å². The van der Waals surface area contributed by atoms with Gasteiger partial charge in [-0.1, -0.05) is 12.1 Å². The highest BCUT2D eigenvalue weighted by Crippen LogP contribution is 2.35. The molecule has 1 amide bonds. The average Bonchev–Trinajstić information content (AvgIpc) is 3.16. The Morgan fingerprint density at radius 1 is 1.20 bits per heavy atom. The van der Waals surface area contributed by atoms with Gasteiger partial charge in [-0.05, 0) is 50.1 Å². The van der Waals surface area contributed by atoms with Gasteiger partial charge in [0.1, 0.15) is 0 Å². The molecular formula is C20H19ClF3N5O. The van der Waals surface area contributed by atoms with E-state index in [9.17, 15) is 18.0 Å². The average molecular weight is 438 g/mol. The first-order valence-corrected chi connectivity index (χ1v) is 9.35. The smallest absolute Gasteiger partial charge is 0.348 e. The van der Waals surface area contributed by atoms with Crippen LogP contribution in [0.1, 0.15) is 42.3 Å². The van der Waals surface area contributed by atoms with Crippen LogP contribution in [0.25, 0.3) is 11.3 Å². The Hall–Kier alpha value is -2.94. The predicted molar refractivity (Wildman–Crippen MR) is 106 cm³/mol. The molecule has 0 fully saturated rings. The standard InChI is InChI=1S/C20H19ClF3N5O/c1-19(2,3)29-11-14(10-27-29)17(30)26-9-13-5-4-12(8-15(13)20(22,23)24)16-6-7-25-18(21)28-16/h4-8,10-11H,9H2,1-3H3,(H,26,30). The molecule has 0 radical (unpaired) electrons. The van der Waals surface area contributed by atoms with Gasteiger partial charge in [-0.15, -0.1) is 0 Å². The first-order valence-electron chi connectivity index (χ1n) is 8.97. The fraction of sp³-hybridized carbons (Fsp3) is 0.300. The van der Waals surface area contributed by atoms with E-state index in [4.69, 9.17) is 11.6 Å².